The van der Waals surface area contributed by atoms with Gasteiger partial charge in [-0.05, 0) is 29.8 Å². The molecule has 108 valence electrons. The average molecular weight is 354 g/mol. The van der Waals surface area contributed by atoms with E-state index in [1.165, 1.54) is 0 Å². The fraction of sp³-hybridized carbons (Fsp3) is 0.0714. The Morgan fingerprint density at radius 3 is 2.52 bits per heavy atom. The van der Waals surface area contributed by atoms with Crippen molar-refractivity contribution in [2.45, 2.75) is 6.61 Å². The van der Waals surface area contributed by atoms with Crippen LogP contribution in [0.3, 0.4) is 0 Å². The second kappa shape index (κ2) is 6.45. The first-order valence-corrected chi connectivity index (χ1v) is 6.62. The van der Waals surface area contributed by atoms with Gasteiger partial charge in [0.05, 0.1) is 10.5 Å². The standard InChI is InChI=1S/C14H9BrFNO4/c15-11-4-1-9(2-5-11)8-21-14(18)10-3-6-12(16)13(7-10)17(19)20/h1-7H,8H2. The van der Waals surface area contributed by atoms with Crippen LogP contribution in [0.1, 0.15) is 15.9 Å². The van der Waals surface area contributed by atoms with Crippen molar-refractivity contribution in [1.29, 1.82) is 0 Å². The van der Waals surface area contributed by atoms with Crippen LogP contribution < -0.4 is 0 Å². The van der Waals surface area contributed by atoms with Crippen molar-refractivity contribution in [2.24, 2.45) is 0 Å². The first-order valence-electron chi connectivity index (χ1n) is 5.83. The molecule has 2 rings (SSSR count). The van der Waals surface area contributed by atoms with Crippen LogP contribution in [0.15, 0.2) is 46.9 Å². The van der Waals surface area contributed by atoms with Gasteiger partial charge >= 0.3 is 11.7 Å². The number of nitro groups is 1. The zero-order valence-corrected chi connectivity index (χ0v) is 12.2. The van der Waals surface area contributed by atoms with E-state index >= 15 is 0 Å². The van der Waals surface area contributed by atoms with Crippen LogP contribution in [0.5, 0.6) is 0 Å². The highest BCUT2D eigenvalue weighted by Crippen LogP contribution is 2.19. The SMILES string of the molecule is O=C(OCc1ccc(Br)cc1)c1ccc(F)c([N+](=O)[O-])c1. The van der Waals surface area contributed by atoms with Crippen LogP contribution in [0.2, 0.25) is 0 Å². The molecule has 0 heterocycles. The minimum Gasteiger partial charge on any atom is -0.457 e. The molecule has 0 aliphatic heterocycles. The zero-order chi connectivity index (χ0) is 15.4. The van der Waals surface area contributed by atoms with Gasteiger partial charge in [-0.2, -0.15) is 4.39 Å². The topological polar surface area (TPSA) is 69.4 Å². The number of ether oxygens (including phenoxy) is 1. The van der Waals surface area contributed by atoms with Crippen LogP contribution in [0, 0.1) is 15.9 Å². The first kappa shape index (κ1) is 15.1. The Bertz CT molecular complexity index is 688. The first-order chi connectivity index (χ1) is 9.97. The van der Waals surface area contributed by atoms with Crippen molar-refractivity contribution >= 4 is 27.6 Å². The van der Waals surface area contributed by atoms with E-state index in [2.05, 4.69) is 15.9 Å². The normalized spacial score (nSPS) is 10.2. The number of nitrogens with zero attached hydrogens (tertiary/aromatic N) is 1. The third-order valence-corrected chi connectivity index (χ3v) is 3.19. The molecular weight excluding hydrogens is 345 g/mol. The van der Waals surface area contributed by atoms with Crippen LogP contribution in [0.4, 0.5) is 10.1 Å². The minimum absolute atomic E-state index is 0.0251. The van der Waals surface area contributed by atoms with E-state index < -0.39 is 22.4 Å². The largest absolute Gasteiger partial charge is 0.457 e. The van der Waals surface area contributed by atoms with E-state index in [1.807, 2.05) is 0 Å². The highest BCUT2D eigenvalue weighted by atomic mass is 79.9. The number of esters is 1. The van der Waals surface area contributed by atoms with Gasteiger partial charge in [-0.25, -0.2) is 4.79 Å². The monoisotopic (exact) mass is 353 g/mol. The molecule has 0 saturated heterocycles. The fourth-order valence-electron chi connectivity index (χ4n) is 1.59. The molecule has 21 heavy (non-hydrogen) atoms. The second-order valence-corrected chi connectivity index (χ2v) is 5.04. The lowest BCUT2D eigenvalue weighted by molar-refractivity contribution is -0.387. The van der Waals surface area contributed by atoms with Gasteiger partial charge in [0.1, 0.15) is 6.61 Å². The predicted octanol–water partition coefficient (Wildman–Crippen LogP) is 3.85. The van der Waals surface area contributed by atoms with Crippen molar-refractivity contribution in [1.82, 2.24) is 0 Å². The summed E-state index contributed by atoms with van der Waals surface area (Å²) >= 11 is 3.28. The minimum atomic E-state index is -0.996. The summed E-state index contributed by atoms with van der Waals surface area (Å²) in [6.07, 6.45) is 0. The summed E-state index contributed by atoms with van der Waals surface area (Å²) in [6, 6.07) is 10.0. The summed E-state index contributed by atoms with van der Waals surface area (Å²) in [5.41, 5.74) is -0.0588. The number of benzene rings is 2. The van der Waals surface area contributed by atoms with E-state index in [-0.39, 0.29) is 12.2 Å². The molecule has 7 heteroatoms. The molecule has 2 aromatic carbocycles. The molecule has 0 amide bonds. The summed E-state index contributed by atoms with van der Waals surface area (Å²) in [5, 5.41) is 10.6. The van der Waals surface area contributed by atoms with Gasteiger partial charge in [0, 0.05) is 10.5 Å². The second-order valence-electron chi connectivity index (χ2n) is 4.13. The van der Waals surface area contributed by atoms with E-state index in [1.54, 1.807) is 24.3 Å². The lowest BCUT2D eigenvalue weighted by Gasteiger charge is -2.05. The maximum Gasteiger partial charge on any atom is 0.338 e. The van der Waals surface area contributed by atoms with Crippen LogP contribution >= 0.6 is 15.9 Å². The Morgan fingerprint density at radius 1 is 1.24 bits per heavy atom. The Kier molecular flexibility index (Phi) is 4.64. The van der Waals surface area contributed by atoms with Gasteiger partial charge in [-0.15, -0.1) is 0 Å². The number of halogens is 2. The number of nitro benzene ring substituents is 1. The smallest absolute Gasteiger partial charge is 0.338 e. The third kappa shape index (κ3) is 3.85. The molecular formula is C14H9BrFNO4. The summed E-state index contributed by atoms with van der Waals surface area (Å²) in [5.74, 6) is -1.74. The van der Waals surface area contributed by atoms with Gasteiger partial charge in [0.25, 0.3) is 0 Å². The summed E-state index contributed by atoms with van der Waals surface area (Å²) in [6.45, 7) is 0.0251. The molecule has 2 aromatic rings. The van der Waals surface area contributed by atoms with Crippen molar-refractivity contribution in [3.05, 3.63) is 74.0 Å². The van der Waals surface area contributed by atoms with E-state index in [0.717, 1.165) is 28.2 Å². The van der Waals surface area contributed by atoms with Crippen LogP contribution in [0.25, 0.3) is 0 Å². The van der Waals surface area contributed by atoms with Crippen LogP contribution in [-0.4, -0.2) is 10.9 Å². The lowest BCUT2D eigenvalue weighted by Crippen LogP contribution is -2.06. The van der Waals surface area contributed by atoms with Crippen LogP contribution in [-0.2, 0) is 11.3 Å². The maximum absolute atomic E-state index is 13.2. The highest BCUT2D eigenvalue weighted by Gasteiger charge is 2.18. The summed E-state index contributed by atoms with van der Waals surface area (Å²) < 4.78 is 19.1. The quantitative estimate of drug-likeness (QED) is 0.475. The summed E-state index contributed by atoms with van der Waals surface area (Å²) in [4.78, 5) is 21.5. The van der Waals surface area contributed by atoms with Crippen molar-refractivity contribution in [2.75, 3.05) is 0 Å². The molecule has 0 aromatic heterocycles. The number of hydrogen-bond acceptors (Lipinski definition) is 4. The number of carbonyl (C=O) groups excluding carboxylic acids is 1. The maximum atomic E-state index is 13.2. The number of rotatable bonds is 4. The molecule has 0 radical (unpaired) electrons. The Hall–Kier alpha value is -2.28. The predicted molar refractivity (Wildman–Crippen MR) is 76.3 cm³/mol. The van der Waals surface area contributed by atoms with Crippen molar-refractivity contribution in [3.8, 4) is 0 Å². The lowest BCUT2D eigenvalue weighted by atomic mass is 10.2. The molecule has 0 aliphatic carbocycles. The number of hydrogen-bond donors (Lipinski definition) is 0. The van der Waals surface area contributed by atoms with Gasteiger partial charge in [-0.3, -0.25) is 10.1 Å². The molecule has 0 saturated carbocycles. The molecule has 0 N–H and O–H groups in total. The Labute approximate surface area is 127 Å². The van der Waals surface area contributed by atoms with Gasteiger partial charge in [-0.1, -0.05) is 28.1 Å². The molecule has 0 atom stereocenters. The fourth-order valence-corrected chi connectivity index (χ4v) is 1.86. The third-order valence-electron chi connectivity index (χ3n) is 2.66. The average Bonchev–Trinajstić information content (AvgIpc) is 2.46. The van der Waals surface area contributed by atoms with Crippen molar-refractivity contribution in [3.63, 3.8) is 0 Å². The van der Waals surface area contributed by atoms with E-state index in [0.29, 0.717) is 0 Å². The summed E-state index contributed by atoms with van der Waals surface area (Å²) in [7, 11) is 0. The van der Waals surface area contributed by atoms with Gasteiger partial charge in [0.15, 0.2) is 0 Å². The van der Waals surface area contributed by atoms with Gasteiger partial charge < -0.3 is 4.74 Å². The molecule has 0 bridgehead atoms. The number of carbonyl (C=O) groups is 1. The zero-order valence-electron chi connectivity index (χ0n) is 10.6. The Morgan fingerprint density at radius 2 is 1.90 bits per heavy atom. The molecule has 0 aliphatic rings. The van der Waals surface area contributed by atoms with Gasteiger partial charge in [0.2, 0.25) is 5.82 Å². The molecule has 0 spiro atoms. The molecule has 0 unspecified atom stereocenters. The Balaban J connectivity index is 2.08. The van der Waals surface area contributed by atoms with E-state index in [9.17, 15) is 19.3 Å². The molecule has 5 nitrogen and oxygen atoms in total. The highest BCUT2D eigenvalue weighted by molar-refractivity contribution is 9.10. The van der Waals surface area contributed by atoms with Crippen molar-refractivity contribution < 1.29 is 18.8 Å². The molecule has 0 fully saturated rings. The van der Waals surface area contributed by atoms with E-state index in [4.69, 9.17) is 4.74 Å².